The second kappa shape index (κ2) is 78.3. The van der Waals surface area contributed by atoms with Crippen molar-refractivity contribution in [3.63, 3.8) is 0 Å². The summed E-state index contributed by atoms with van der Waals surface area (Å²) in [5, 5.41) is 0. The second-order valence-electron chi connectivity index (χ2n) is 28.9. The summed E-state index contributed by atoms with van der Waals surface area (Å²) in [4.78, 5) is 0. The minimum absolute atomic E-state index is 0.859. The van der Waals surface area contributed by atoms with Crippen LogP contribution in [-0.2, 0) is 0 Å². The van der Waals surface area contributed by atoms with Gasteiger partial charge in [0, 0.05) is 0 Å². The molecular weight excluding hydrogens is 1010 g/mol. The Morgan fingerprint density at radius 1 is 0.179 bits per heavy atom. The van der Waals surface area contributed by atoms with Crippen LogP contribution in [0, 0.1) is 17.8 Å². The third-order valence-corrected chi connectivity index (χ3v) is 18.4. The van der Waals surface area contributed by atoms with Gasteiger partial charge in [0.25, 0.3) is 0 Å². The van der Waals surface area contributed by atoms with Crippen molar-refractivity contribution in [3.05, 3.63) is 34.9 Å². The maximum atomic E-state index is 2.64. The van der Waals surface area contributed by atoms with Gasteiger partial charge < -0.3 is 0 Å². The Hall–Kier alpha value is -0.780. The van der Waals surface area contributed by atoms with Crippen molar-refractivity contribution >= 4 is 0 Å². The van der Waals surface area contributed by atoms with Crippen molar-refractivity contribution < 1.29 is 0 Å². The second-order valence-corrected chi connectivity index (χ2v) is 28.9. The zero-order chi connectivity index (χ0) is 62.1. The lowest BCUT2D eigenvalue weighted by atomic mass is 9.97. The van der Waals surface area contributed by atoms with E-state index < -0.39 is 0 Å². The van der Waals surface area contributed by atoms with Gasteiger partial charge in [-0.2, -0.15) is 0 Å². The number of allylic oxidation sites excluding steroid dienone is 6. The molecule has 0 aromatic rings. The smallest absolute Gasteiger partial charge is 0.0320 e. The first-order valence-corrected chi connectivity index (χ1v) is 40.1. The van der Waals surface area contributed by atoms with Crippen LogP contribution in [0.4, 0.5) is 0 Å². The molecule has 0 aromatic carbocycles. The molecule has 0 N–H and O–H groups in total. The van der Waals surface area contributed by atoms with Gasteiger partial charge in [-0.05, 0) is 133 Å². The summed E-state index contributed by atoms with van der Waals surface area (Å²) in [6.45, 7) is 28.0. The van der Waals surface area contributed by atoms with E-state index in [0.29, 0.717) is 0 Å². The lowest BCUT2D eigenvalue weighted by Gasteiger charge is -2.10. The average Bonchev–Trinajstić information content (AvgIpc) is 3.48. The highest BCUT2D eigenvalue weighted by molar-refractivity contribution is 5.03. The van der Waals surface area contributed by atoms with Crippen LogP contribution in [-0.4, -0.2) is 0 Å². The molecule has 0 aromatic heterocycles. The minimum Gasteiger partial charge on any atom is -0.0853 e. The Morgan fingerprint density at radius 3 is 0.536 bits per heavy atom. The van der Waals surface area contributed by atoms with Gasteiger partial charge in [0.15, 0.2) is 0 Å². The molecule has 0 unspecified atom stereocenters. The van der Waals surface area contributed by atoms with Crippen molar-refractivity contribution in [1.82, 2.24) is 0 Å². The molecule has 504 valence electrons. The molecule has 0 aliphatic heterocycles. The third-order valence-electron chi connectivity index (χ3n) is 18.4. The van der Waals surface area contributed by atoms with Gasteiger partial charge in [-0.1, -0.05) is 407 Å². The summed E-state index contributed by atoms with van der Waals surface area (Å²) < 4.78 is 0. The van der Waals surface area contributed by atoms with Crippen molar-refractivity contribution in [2.45, 2.75) is 488 Å². The Kier molecular flexibility index (Phi) is 81.5. The highest BCUT2D eigenvalue weighted by Gasteiger charge is 2.05. The van der Waals surface area contributed by atoms with Crippen LogP contribution >= 0.6 is 0 Å². The maximum absolute atomic E-state index is 2.64. The summed E-state index contributed by atoms with van der Waals surface area (Å²) in [7, 11) is 0. The minimum atomic E-state index is 0.859. The van der Waals surface area contributed by atoms with E-state index in [1.807, 2.05) is 0 Å². The zero-order valence-electron chi connectivity index (χ0n) is 61.5. The van der Waals surface area contributed by atoms with Crippen LogP contribution in [0.2, 0.25) is 0 Å². The normalized spacial score (nSPS) is 11.9. The van der Waals surface area contributed by atoms with Crippen LogP contribution in [0.5, 0.6) is 0 Å². The molecule has 0 heterocycles. The van der Waals surface area contributed by atoms with Crippen molar-refractivity contribution in [2.24, 2.45) is 17.8 Å². The molecule has 0 atom stereocenters. The Bertz CT molecular complexity index is 1150. The zero-order valence-corrected chi connectivity index (χ0v) is 61.5. The third kappa shape index (κ3) is 81.2. The van der Waals surface area contributed by atoms with E-state index in [-0.39, 0.29) is 0 Å². The standard InChI is InChI=1S/3C28H56/c3*1-5-7-9-11-13-15-17-19-24-28(26-22-21-23-27(3)4)25-20-18-16-14-12-10-8-6-2/h26-27H,5-25H2,1-4H3;2*24,27H,5-23,25-26H2,1-4H3/b;28-24+;28-24-. The van der Waals surface area contributed by atoms with E-state index in [9.17, 15) is 0 Å². The number of hydrogen-bond donors (Lipinski definition) is 0. The van der Waals surface area contributed by atoms with Crippen molar-refractivity contribution in [1.29, 1.82) is 0 Å². The maximum Gasteiger partial charge on any atom is -0.0320 e. The molecule has 0 saturated carbocycles. The van der Waals surface area contributed by atoms with Crippen LogP contribution in [0.1, 0.15) is 488 Å². The first kappa shape index (κ1) is 87.4. The Labute approximate surface area is 537 Å². The van der Waals surface area contributed by atoms with E-state index in [1.54, 1.807) is 16.7 Å². The van der Waals surface area contributed by atoms with Crippen LogP contribution in [0.15, 0.2) is 34.9 Å². The van der Waals surface area contributed by atoms with E-state index >= 15 is 0 Å². The first-order chi connectivity index (χ1) is 41.1. The number of rotatable bonds is 66. The summed E-state index contributed by atoms with van der Waals surface area (Å²) in [6.07, 6.45) is 97.5. The largest absolute Gasteiger partial charge is 0.0853 e. The van der Waals surface area contributed by atoms with Gasteiger partial charge in [0.2, 0.25) is 0 Å². The number of hydrogen-bond acceptors (Lipinski definition) is 0. The van der Waals surface area contributed by atoms with E-state index in [2.05, 4.69) is 101 Å². The summed E-state index contributed by atoms with van der Waals surface area (Å²) in [6, 6.07) is 0. The lowest BCUT2D eigenvalue weighted by molar-refractivity contribution is 0.530. The fourth-order valence-electron chi connectivity index (χ4n) is 12.4. The molecule has 0 amide bonds. The monoisotopic (exact) mass is 1180 g/mol. The van der Waals surface area contributed by atoms with Crippen LogP contribution in [0.3, 0.4) is 0 Å². The molecule has 0 fully saturated rings. The molecule has 0 spiro atoms. The average molecular weight is 1180 g/mol. The topological polar surface area (TPSA) is 0 Å². The van der Waals surface area contributed by atoms with Gasteiger partial charge in [-0.3, -0.25) is 0 Å². The molecule has 0 aliphatic rings. The molecule has 0 saturated heterocycles. The predicted octanol–water partition coefficient (Wildman–Crippen LogP) is 32.4. The van der Waals surface area contributed by atoms with Gasteiger partial charge in [-0.15, -0.1) is 0 Å². The molecule has 0 rings (SSSR count). The summed E-state index contributed by atoms with van der Waals surface area (Å²) in [5.41, 5.74) is 5.38. The predicted molar refractivity (Wildman–Crippen MR) is 394 cm³/mol. The Morgan fingerprint density at radius 2 is 0.333 bits per heavy atom. The van der Waals surface area contributed by atoms with Crippen molar-refractivity contribution in [2.75, 3.05) is 0 Å². The molecule has 0 bridgehead atoms. The molecule has 0 heteroatoms. The van der Waals surface area contributed by atoms with E-state index in [0.717, 1.165) is 17.8 Å². The fourth-order valence-corrected chi connectivity index (χ4v) is 12.4. The van der Waals surface area contributed by atoms with Crippen LogP contribution in [0.25, 0.3) is 0 Å². The highest BCUT2D eigenvalue weighted by Crippen LogP contribution is 2.25. The molecule has 84 heavy (non-hydrogen) atoms. The lowest BCUT2D eigenvalue weighted by Crippen LogP contribution is -1.91. The van der Waals surface area contributed by atoms with Gasteiger partial charge in [0.05, 0.1) is 0 Å². The highest BCUT2D eigenvalue weighted by atomic mass is 14.1. The summed E-state index contributed by atoms with van der Waals surface area (Å²) in [5.74, 6) is 2.60. The molecule has 0 nitrogen and oxygen atoms in total. The molecular formula is C84H168. The van der Waals surface area contributed by atoms with E-state index in [1.165, 1.54) is 405 Å². The van der Waals surface area contributed by atoms with Gasteiger partial charge in [-0.25, -0.2) is 0 Å². The SMILES string of the molecule is CCCCCCCCC/C=C(/CCCCCCCCCC)CCCCC(C)C.CCCCCCCCC/C=C(\CCCCCCCCCC)CCCCC(C)C.CCCCCCCCCCC(=CCCCC(C)C)CCCCCCCCCC. The van der Waals surface area contributed by atoms with Crippen LogP contribution < -0.4 is 0 Å². The number of unbranched alkanes of at least 4 members (excludes halogenated alkanes) is 45. The van der Waals surface area contributed by atoms with E-state index in [4.69, 9.17) is 0 Å². The first-order valence-electron chi connectivity index (χ1n) is 40.1. The van der Waals surface area contributed by atoms with Gasteiger partial charge in [0.1, 0.15) is 0 Å². The van der Waals surface area contributed by atoms with Gasteiger partial charge >= 0.3 is 0 Å². The fraction of sp³-hybridized carbons (Fsp3) is 0.929. The molecule has 0 radical (unpaired) electrons. The Balaban J connectivity index is -0.00000117. The molecule has 0 aliphatic carbocycles. The van der Waals surface area contributed by atoms with Crippen molar-refractivity contribution in [3.8, 4) is 0 Å². The quantitative estimate of drug-likeness (QED) is 0.0421. The summed E-state index contributed by atoms with van der Waals surface area (Å²) >= 11 is 0.